The summed E-state index contributed by atoms with van der Waals surface area (Å²) in [5.41, 5.74) is 1.98. The SMILES string of the molecule is CCOc1ccc(/C=C2\NC(=S)N(c3cccc(OC)c3)C2=O)cc1. The van der Waals surface area contributed by atoms with Gasteiger partial charge in [0.2, 0.25) is 0 Å². The predicted molar refractivity (Wildman–Crippen MR) is 102 cm³/mol. The van der Waals surface area contributed by atoms with E-state index in [1.807, 2.05) is 49.4 Å². The van der Waals surface area contributed by atoms with Crippen molar-refractivity contribution in [3.05, 3.63) is 59.8 Å². The monoisotopic (exact) mass is 354 g/mol. The fourth-order valence-corrected chi connectivity index (χ4v) is 2.81. The second-order valence-electron chi connectivity index (χ2n) is 5.33. The van der Waals surface area contributed by atoms with Crippen LogP contribution in [0.2, 0.25) is 0 Å². The van der Waals surface area contributed by atoms with Crippen LogP contribution in [0.4, 0.5) is 5.69 Å². The van der Waals surface area contributed by atoms with Gasteiger partial charge in [0.15, 0.2) is 5.11 Å². The molecule has 1 fully saturated rings. The number of amides is 1. The van der Waals surface area contributed by atoms with Gasteiger partial charge in [0.25, 0.3) is 5.91 Å². The minimum atomic E-state index is -0.202. The zero-order chi connectivity index (χ0) is 17.8. The van der Waals surface area contributed by atoms with Crippen LogP contribution in [-0.4, -0.2) is 24.7 Å². The first-order chi connectivity index (χ1) is 12.1. The summed E-state index contributed by atoms with van der Waals surface area (Å²) in [7, 11) is 1.58. The van der Waals surface area contributed by atoms with Crippen molar-refractivity contribution >= 4 is 35.0 Å². The number of thiocarbonyl (C=S) groups is 1. The molecule has 0 unspecified atom stereocenters. The maximum absolute atomic E-state index is 12.7. The van der Waals surface area contributed by atoms with Crippen LogP contribution >= 0.6 is 12.2 Å². The number of benzene rings is 2. The van der Waals surface area contributed by atoms with Crippen LogP contribution in [0.1, 0.15) is 12.5 Å². The number of ether oxygens (including phenoxy) is 2. The van der Waals surface area contributed by atoms with E-state index < -0.39 is 0 Å². The van der Waals surface area contributed by atoms with Gasteiger partial charge in [-0.3, -0.25) is 9.69 Å². The molecule has 128 valence electrons. The average molecular weight is 354 g/mol. The van der Waals surface area contributed by atoms with Gasteiger partial charge < -0.3 is 14.8 Å². The molecule has 3 rings (SSSR count). The number of hydrogen-bond donors (Lipinski definition) is 1. The maximum Gasteiger partial charge on any atom is 0.281 e. The molecule has 0 spiro atoms. The summed E-state index contributed by atoms with van der Waals surface area (Å²) in [5.74, 6) is 1.26. The molecule has 1 amide bonds. The lowest BCUT2D eigenvalue weighted by molar-refractivity contribution is -0.113. The molecule has 0 aromatic heterocycles. The Morgan fingerprint density at radius 2 is 1.92 bits per heavy atom. The van der Waals surface area contributed by atoms with Gasteiger partial charge in [0.1, 0.15) is 17.2 Å². The van der Waals surface area contributed by atoms with E-state index in [0.717, 1.165) is 11.3 Å². The van der Waals surface area contributed by atoms with Gasteiger partial charge in [-0.25, -0.2) is 0 Å². The van der Waals surface area contributed by atoms with E-state index in [-0.39, 0.29) is 5.91 Å². The van der Waals surface area contributed by atoms with Crippen molar-refractivity contribution in [3.8, 4) is 11.5 Å². The molecule has 1 N–H and O–H groups in total. The van der Waals surface area contributed by atoms with Gasteiger partial charge in [0.05, 0.1) is 19.4 Å². The summed E-state index contributed by atoms with van der Waals surface area (Å²) in [6.45, 7) is 2.55. The highest BCUT2D eigenvalue weighted by Crippen LogP contribution is 2.26. The number of carbonyl (C=O) groups is 1. The van der Waals surface area contributed by atoms with Gasteiger partial charge in [-0.1, -0.05) is 18.2 Å². The molecule has 0 saturated carbocycles. The smallest absolute Gasteiger partial charge is 0.281 e. The summed E-state index contributed by atoms with van der Waals surface area (Å²) < 4.78 is 10.6. The van der Waals surface area contributed by atoms with Crippen molar-refractivity contribution < 1.29 is 14.3 Å². The first-order valence-electron chi connectivity index (χ1n) is 7.86. The molecular weight excluding hydrogens is 336 g/mol. The summed E-state index contributed by atoms with van der Waals surface area (Å²) in [5, 5.41) is 3.32. The number of carbonyl (C=O) groups excluding carboxylic acids is 1. The first-order valence-corrected chi connectivity index (χ1v) is 8.27. The standard InChI is InChI=1S/C19H18N2O3S/c1-3-24-15-9-7-13(8-10-15)11-17-18(22)21(19(25)20-17)14-5-4-6-16(12-14)23-2/h4-12H,3H2,1-2H3,(H,20,25)/b17-11-. The highest BCUT2D eigenvalue weighted by atomic mass is 32.1. The van der Waals surface area contributed by atoms with Crippen molar-refractivity contribution in [2.75, 3.05) is 18.6 Å². The molecular formula is C19H18N2O3S. The topological polar surface area (TPSA) is 50.8 Å². The quantitative estimate of drug-likeness (QED) is 0.659. The maximum atomic E-state index is 12.7. The minimum absolute atomic E-state index is 0.202. The molecule has 25 heavy (non-hydrogen) atoms. The van der Waals surface area contributed by atoms with Crippen LogP contribution in [-0.2, 0) is 4.79 Å². The van der Waals surface area contributed by atoms with E-state index in [1.54, 1.807) is 19.3 Å². The Morgan fingerprint density at radius 1 is 1.16 bits per heavy atom. The van der Waals surface area contributed by atoms with Gasteiger partial charge in [0, 0.05) is 6.07 Å². The fraction of sp³-hybridized carbons (Fsp3) is 0.158. The number of hydrogen-bond acceptors (Lipinski definition) is 4. The lowest BCUT2D eigenvalue weighted by Gasteiger charge is -2.14. The first kappa shape index (κ1) is 17.0. The van der Waals surface area contributed by atoms with Gasteiger partial charge in [-0.05, 0) is 55.0 Å². The van der Waals surface area contributed by atoms with Crippen LogP contribution in [0, 0.1) is 0 Å². The lowest BCUT2D eigenvalue weighted by Crippen LogP contribution is -2.30. The molecule has 5 nitrogen and oxygen atoms in total. The predicted octanol–water partition coefficient (Wildman–Crippen LogP) is 3.36. The van der Waals surface area contributed by atoms with E-state index in [0.29, 0.717) is 28.9 Å². The van der Waals surface area contributed by atoms with Crippen molar-refractivity contribution in [2.24, 2.45) is 0 Å². The normalized spacial score (nSPS) is 15.4. The largest absolute Gasteiger partial charge is 0.497 e. The van der Waals surface area contributed by atoms with Gasteiger partial charge in [-0.15, -0.1) is 0 Å². The highest BCUT2D eigenvalue weighted by Gasteiger charge is 2.32. The minimum Gasteiger partial charge on any atom is -0.497 e. The van der Waals surface area contributed by atoms with Crippen molar-refractivity contribution in [2.45, 2.75) is 6.92 Å². The van der Waals surface area contributed by atoms with Crippen molar-refractivity contribution in [3.63, 3.8) is 0 Å². The van der Waals surface area contributed by atoms with E-state index in [9.17, 15) is 4.79 Å². The Morgan fingerprint density at radius 3 is 2.60 bits per heavy atom. The van der Waals surface area contributed by atoms with Crippen molar-refractivity contribution in [1.29, 1.82) is 0 Å². The second-order valence-corrected chi connectivity index (χ2v) is 5.72. The van der Waals surface area contributed by atoms with E-state index >= 15 is 0 Å². The summed E-state index contributed by atoms with van der Waals surface area (Å²) in [6.07, 6.45) is 1.77. The Kier molecular flexibility index (Phi) is 5.00. The summed E-state index contributed by atoms with van der Waals surface area (Å²) in [4.78, 5) is 14.2. The van der Waals surface area contributed by atoms with Crippen molar-refractivity contribution in [1.82, 2.24) is 5.32 Å². The third-order valence-corrected chi connectivity index (χ3v) is 3.98. The number of rotatable bonds is 5. The van der Waals surface area contributed by atoms with Crippen LogP contribution in [0.3, 0.4) is 0 Å². The molecule has 6 heteroatoms. The third kappa shape index (κ3) is 3.64. The molecule has 2 aromatic rings. The Hall–Kier alpha value is -2.86. The van der Waals surface area contributed by atoms with Crippen LogP contribution in [0.15, 0.2) is 54.2 Å². The highest BCUT2D eigenvalue weighted by molar-refractivity contribution is 7.80. The van der Waals surface area contributed by atoms with E-state index in [4.69, 9.17) is 21.7 Å². The molecule has 1 saturated heterocycles. The zero-order valence-electron chi connectivity index (χ0n) is 14.0. The van der Waals surface area contributed by atoms with Crippen LogP contribution < -0.4 is 19.7 Å². The summed E-state index contributed by atoms with van der Waals surface area (Å²) >= 11 is 5.32. The molecule has 2 aromatic carbocycles. The zero-order valence-corrected chi connectivity index (χ0v) is 14.8. The number of anilines is 1. The molecule has 1 aliphatic heterocycles. The number of nitrogens with one attached hydrogen (secondary N) is 1. The molecule has 0 bridgehead atoms. The van der Waals surface area contributed by atoms with Crippen LogP contribution in [0.5, 0.6) is 11.5 Å². The van der Waals surface area contributed by atoms with E-state index in [2.05, 4.69) is 5.32 Å². The Balaban J connectivity index is 1.85. The lowest BCUT2D eigenvalue weighted by atomic mass is 10.2. The molecule has 0 atom stereocenters. The molecule has 0 radical (unpaired) electrons. The average Bonchev–Trinajstić information content (AvgIpc) is 2.90. The molecule has 0 aliphatic carbocycles. The summed E-state index contributed by atoms with van der Waals surface area (Å²) in [6, 6.07) is 14.7. The van der Waals surface area contributed by atoms with Gasteiger partial charge >= 0.3 is 0 Å². The van der Waals surface area contributed by atoms with Gasteiger partial charge in [-0.2, -0.15) is 0 Å². The Labute approximate surface area is 151 Å². The molecule has 1 heterocycles. The fourth-order valence-electron chi connectivity index (χ4n) is 2.51. The number of nitrogens with zero attached hydrogens (tertiary/aromatic N) is 1. The van der Waals surface area contributed by atoms with E-state index in [1.165, 1.54) is 4.90 Å². The third-order valence-electron chi connectivity index (χ3n) is 3.69. The second kappa shape index (κ2) is 7.36. The van der Waals surface area contributed by atoms with Crippen LogP contribution in [0.25, 0.3) is 6.08 Å². The molecule has 1 aliphatic rings. The Bertz CT molecular complexity index is 831. The number of methoxy groups -OCH3 is 1.